The Kier molecular flexibility index (Phi) is 9.28. The number of hydrogen-bond donors (Lipinski definition) is 0. The molecular weight excluding hydrogens is 677 g/mol. The first-order valence-electron chi connectivity index (χ1n) is 20.0. The van der Waals surface area contributed by atoms with Gasteiger partial charge < -0.3 is 9.80 Å². The summed E-state index contributed by atoms with van der Waals surface area (Å²) in [6.45, 7) is 22.5. The highest BCUT2D eigenvalue weighted by Gasteiger charge is 2.26. The molecule has 0 N–H and O–H groups in total. The van der Waals surface area contributed by atoms with Crippen molar-refractivity contribution < 1.29 is 0 Å². The molecule has 0 unspecified atom stereocenters. The lowest BCUT2D eigenvalue weighted by Gasteiger charge is -2.32. The van der Waals surface area contributed by atoms with Crippen molar-refractivity contribution in [2.45, 2.75) is 80.1 Å². The van der Waals surface area contributed by atoms with Crippen LogP contribution in [0.3, 0.4) is 0 Å². The Hall–Kier alpha value is -5.86. The number of benzene rings is 8. The van der Waals surface area contributed by atoms with Gasteiger partial charge in [-0.05, 0) is 121 Å². The predicted octanol–water partition coefficient (Wildman–Crippen LogP) is 15.9. The van der Waals surface area contributed by atoms with Crippen LogP contribution in [0.15, 0.2) is 146 Å². The van der Waals surface area contributed by atoms with E-state index < -0.39 is 0 Å². The Bertz CT molecular complexity index is 2420. The average molecular weight is 731 g/mol. The van der Waals surface area contributed by atoms with Crippen LogP contribution in [0.25, 0.3) is 32.3 Å². The lowest BCUT2D eigenvalue weighted by molar-refractivity contribution is 0.591. The Morgan fingerprint density at radius 2 is 0.571 bits per heavy atom. The molecule has 8 aromatic carbocycles. The maximum atomic E-state index is 2.49. The summed E-state index contributed by atoms with van der Waals surface area (Å²) in [5.41, 5.74) is 14.5. The monoisotopic (exact) mass is 730 g/mol. The highest BCUT2D eigenvalue weighted by Crippen LogP contribution is 2.51. The second kappa shape index (κ2) is 14.0. The minimum absolute atomic E-state index is 0.0116. The van der Waals surface area contributed by atoms with E-state index in [1.807, 2.05) is 0 Å². The highest BCUT2D eigenvalue weighted by atomic mass is 15.2. The van der Waals surface area contributed by atoms with Gasteiger partial charge in [-0.2, -0.15) is 0 Å². The molecule has 0 saturated carbocycles. The number of hydrogen-bond acceptors (Lipinski definition) is 2. The number of anilines is 6. The van der Waals surface area contributed by atoms with Crippen molar-refractivity contribution in [1.82, 2.24) is 0 Å². The van der Waals surface area contributed by atoms with Gasteiger partial charge in [0.1, 0.15) is 0 Å². The van der Waals surface area contributed by atoms with Crippen molar-refractivity contribution >= 4 is 66.4 Å². The summed E-state index contributed by atoms with van der Waals surface area (Å²) in [5.74, 6) is 0. The summed E-state index contributed by atoms with van der Waals surface area (Å²) < 4.78 is 0. The molecule has 280 valence electrons. The molecule has 2 nitrogen and oxygen atoms in total. The molecular formula is C54H54N2. The first-order chi connectivity index (χ1) is 26.7. The number of fused-ring (bicyclic) bond motifs is 3. The minimum Gasteiger partial charge on any atom is -0.309 e. The molecule has 0 amide bonds. The van der Waals surface area contributed by atoms with E-state index in [2.05, 4.69) is 225 Å². The lowest BCUT2D eigenvalue weighted by Crippen LogP contribution is -2.15. The topological polar surface area (TPSA) is 6.48 Å². The molecule has 0 spiro atoms. The largest absolute Gasteiger partial charge is 0.309 e. The third-order valence-electron chi connectivity index (χ3n) is 11.4. The van der Waals surface area contributed by atoms with Crippen molar-refractivity contribution in [1.29, 1.82) is 0 Å². The van der Waals surface area contributed by atoms with Gasteiger partial charge in [0, 0.05) is 44.3 Å². The summed E-state index contributed by atoms with van der Waals surface area (Å²) in [6, 6.07) is 55.2. The average Bonchev–Trinajstić information content (AvgIpc) is 3.16. The van der Waals surface area contributed by atoms with Crippen molar-refractivity contribution in [3.63, 3.8) is 0 Å². The fraction of sp³-hybridized carbons (Fsp3) is 0.222. The number of rotatable bonds is 6. The highest BCUT2D eigenvalue weighted by molar-refractivity contribution is 6.24. The van der Waals surface area contributed by atoms with E-state index >= 15 is 0 Å². The van der Waals surface area contributed by atoms with Crippen LogP contribution >= 0.6 is 0 Å². The summed E-state index contributed by atoms with van der Waals surface area (Å²) in [7, 11) is 0. The van der Waals surface area contributed by atoms with Gasteiger partial charge in [-0.1, -0.05) is 149 Å². The molecule has 0 aromatic heterocycles. The van der Waals surface area contributed by atoms with E-state index in [0.29, 0.717) is 0 Å². The van der Waals surface area contributed by atoms with Crippen molar-refractivity contribution in [3.05, 3.63) is 179 Å². The first kappa shape index (κ1) is 37.1. The Morgan fingerprint density at radius 1 is 0.304 bits per heavy atom. The molecule has 56 heavy (non-hydrogen) atoms. The number of aryl methyl sites for hydroxylation is 4. The third-order valence-corrected chi connectivity index (χ3v) is 11.4. The van der Waals surface area contributed by atoms with Crippen LogP contribution in [0.1, 0.15) is 74.9 Å². The van der Waals surface area contributed by atoms with Gasteiger partial charge >= 0.3 is 0 Å². The summed E-state index contributed by atoms with van der Waals surface area (Å²) >= 11 is 0. The zero-order valence-corrected chi connectivity index (χ0v) is 34.8. The second-order valence-corrected chi connectivity index (χ2v) is 17.9. The molecule has 0 aliphatic rings. The van der Waals surface area contributed by atoms with Crippen LogP contribution in [-0.2, 0) is 10.8 Å². The van der Waals surface area contributed by atoms with Crippen LogP contribution in [0.4, 0.5) is 34.1 Å². The van der Waals surface area contributed by atoms with Gasteiger partial charge in [0.15, 0.2) is 0 Å². The van der Waals surface area contributed by atoms with Gasteiger partial charge in [0.05, 0.1) is 11.4 Å². The van der Waals surface area contributed by atoms with Crippen molar-refractivity contribution in [2.75, 3.05) is 9.80 Å². The summed E-state index contributed by atoms with van der Waals surface area (Å²) in [5, 5.41) is 7.31. The molecule has 0 radical (unpaired) electrons. The fourth-order valence-electron chi connectivity index (χ4n) is 7.95. The normalized spacial score (nSPS) is 12.1. The van der Waals surface area contributed by atoms with Gasteiger partial charge in [-0.25, -0.2) is 0 Å². The van der Waals surface area contributed by atoms with Crippen molar-refractivity contribution in [3.8, 4) is 0 Å². The van der Waals surface area contributed by atoms with E-state index in [-0.39, 0.29) is 10.8 Å². The van der Waals surface area contributed by atoms with E-state index in [4.69, 9.17) is 0 Å². The van der Waals surface area contributed by atoms with Crippen LogP contribution in [0, 0.1) is 27.7 Å². The Labute approximate surface area is 334 Å². The Balaban J connectivity index is 1.61. The standard InChI is InChI=1S/C54H54N2/c1-35-11-21-43(22-12-35)55(44-23-13-36(2)14-24-44)51-47-29-19-41(53(5,6)7)31-39(47)34-50-49(51)33-40-32-42(54(8,9)10)20-30-48(40)52(50)56(45-25-15-37(3)16-26-45)46-27-17-38(4)18-28-46/h11-34H,1-10H3. The molecule has 0 fully saturated rings. The van der Waals surface area contributed by atoms with Crippen LogP contribution in [0.2, 0.25) is 0 Å². The van der Waals surface area contributed by atoms with E-state index in [1.165, 1.54) is 77.1 Å². The van der Waals surface area contributed by atoms with Crippen LogP contribution < -0.4 is 9.80 Å². The maximum Gasteiger partial charge on any atom is 0.0619 e. The van der Waals surface area contributed by atoms with Gasteiger partial charge in [-0.3, -0.25) is 0 Å². The Morgan fingerprint density at radius 3 is 0.821 bits per heavy atom. The number of nitrogens with zero attached hydrogens (tertiary/aromatic N) is 2. The van der Waals surface area contributed by atoms with E-state index in [9.17, 15) is 0 Å². The third kappa shape index (κ3) is 6.94. The quantitative estimate of drug-likeness (QED) is 0.157. The SMILES string of the molecule is Cc1ccc(N(c2ccc(C)cc2)c2c3ccc(C(C)(C)C)cc3cc3c(N(c4ccc(C)cc4)c4ccc(C)cc4)c4ccc(C(C)(C)C)cc4cc23)cc1. The van der Waals surface area contributed by atoms with Gasteiger partial charge in [0.2, 0.25) is 0 Å². The molecule has 0 saturated heterocycles. The summed E-state index contributed by atoms with van der Waals surface area (Å²) in [6.07, 6.45) is 0. The molecule has 8 rings (SSSR count). The molecule has 2 heteroatoms. The van der Waals surface area contributed by atoms with Crippen LogP contribution in [0.5, 0.6) is 0 Å². The van der Waals surface area contributed by atoms with E-state index in [1.54, 1.807) is 0 Å². The first-order valence-corrected chi connectivity index (χ1v) is 20.0. The zero-order chi connectivity index (χ0) is 39.5. The maximum absolute atomic E-state index is 2.49. The van der Waals surface area contributed by atoms with Crippen molar-refractivity contribution in [2.24, 2.45) is 0 Å². The molecule has 0 heterocycles. The molecule has 0 aliphatic carbocycles. The van der Waals surface area contributed by atoms with Gasteiger partial charge in [-0.15, -0.1) is 0 Å². The molecule has 0 bridgehead atoms. The lowest BCUT2D eigenvalue weighted by atomic mass is 9.83. The zero-order valence-electron chi connectivity index (χ0n) is 34.8. The van der Waals surface area contributed by atoms with E-state index in [0.717, 1.165) is 22.7 Å². The van der Waals surface area contributed by atoms with Gasteiger partial charge in [0.25, 0.3) is 0 Å². The second-order valence-electron chi connectivity index (χ2n) is 17.9. The summed E-state index contributed by atoms with van der Waals surface area (Å²) in [4.78, 5) is 4.98. The molecule has 0 aliphatic heterocycles. The smallest absolute Gasteiger partial charge is 0.0619 e. The predicted molar refractivity (Wildman–Crippen MR) is 245 cm³/mol. The fourth-order valence-corrected chi connectivity index (χ4v) is 7.95. The van der Waals surface area contributed by atoms with Crippen LogP contribution in [-0.4, -0.2) is 0 Å². The molecule has 8 aromatic rings. The molecule has 0 atom stereocenters. The minimum atomic E-state index is -0.0116.